The maximum absolute atomic E-state index is 13.0. The second-order valence-corrected chi connectivity index (χ2v) is 7.32. The average molecular weight is 306 g/mol. The molecule has 0 radical (unpaired) electrons. The van der Waals surface area contributed by atoms with Crippen LogP contribution in [0.4, 0.5) is 0 Å². The first-order valence-electron chi connectivity index (χ1n) is 7.84. The number of fused-ring (bicyclic) bond motifs is 2. The van der Waals surface area contributed by atoms with E-state index in [-0.39, 0.29) is 29.3 Å². The number of halogens is 1. The zero-order valence-corrected chi connectivity index (χ0v) is 12.7. The van der Waals surface area contributed by atoms with E-state index in [9.17, 15) is 9.90 Å². The SMILES string of the molecule is O=C(N1C[C@H]2CC[C@@H](C1)C2O)C1(c2ccc(Cl)cc2)CC1. The fourth-order valence-corrected chi connectivity index (χ4v) is 4.31. The highest BCUT2D eigenvalue weighted by atomic mass is 35.5. The number of carbonyl (C=O) groups is 1. The number of nitrogens with zero attached hydrogens (tertiary/aromatic N) is 1. The second kappa shape index (κ2) is 4.72. The number of aliphatic hydroxyl groups excluding tert-OH is 1. The van der Waals surface area contributed by atoms with Crippen molar-refractivity contribution in [1.82, 2.24) is 4.90 Å². The number of likely N-dealkylation sites (tertiary alicyclic amines) is 1. The number of benzene rings is 1. The van der Waals surface area contributed by atoms with E-state index in [1.807, 2.05) is 29.2 Å². The van der Waals surface area contributed by atoms with Gasteiger partial charge < -0.3 is 10.0 Å². The van der Waals surface area contributed by atoms with Crippen LogP contribution in [-0.4, -0.2) is 35.1 Å². The molecule has 0 spiro atoms. The van der Waals surface area contributed by atoms with Crippen LogP contribution in [-0.2, 0) is 10.2 Å². The Bertz CT molecular complexity index is 553. The highest BCUT2D eigenvalue weighted by Gasteiger charge is 2.55. The molecule has 1 aliphatic heterocycles. The van der Waals surface area contributed by atoms with Gasteiger partial charge in [-0.15, -0.1) is 0 Å². The third-order valence-electron chi connectivity index (χ3n) is 5.63. The molecular weight excluding hydrogens is 286 g/mol. The molecule has 3 nitrogen and oxygen atoms in total. The standard InChI is InChI=1S/C17H20ClNO2/c18-14-5-3-13(4-6-14)17(7-8-17)16(21)19-9-11-1-2-12(10-19)15(11)20/h3-6,11-12,15,20H,1-2,7-10H2/t11-,12+,15?. The van der Waals surface area contributed by atoms with Gasteiger partial charge in [-0.2, -0.15) is 0 Å². The summed E-state index contributed by atoms with van der Waals surface area (Å²) in [5, 5.41) is 10.8. The van der Waals surface area contributed by atoms with E-state index in [1.165, 1.54) is 0 Å². The molecular formula is C17H20ClNO2. The molecule has 4 heteroatoms. The zero-order valence-electron chi connectivity index (χ0n) is 12.0. The average Bonchev–Trinajstić information content (AvgIpc) is 3.26. The molecule has 112 valence electrons. The van der Waals surface area contributed by atoms with Gasteiger partial charge in [-0.25, -0.2) is 0 Å². The van der Waals surface area contributed by atoms with E-state index in [0.717, 1.165) is 44.3 Å². The lowest BCUT2D eigenvalue weighted by Crippen LogP contribution is -2.50. The van der Waals surface area contributed by atoms with Crippen molar-refractivity contribution in [2.75, 3.05) is 13.1 Å². The normalized spacial score (nSPS) is 33.0. The van der Waals surface area contributed by atoms with Gasteiger partial charge in [0.15, 0.2) is 0 Å². The molecule has 2 aliphatic carbocycles. The summed E-state index contributed by atoms with van der Waals surface area (Å²) in [4.78, 5) is 15.0. The van der Waals surface area contributed by atoms with Gasteiger partial charge in [0.05, 0.1) is 11.5 Å². The van der Waals surface area contributed by atoms with Crippen molar-refractivity contribution in [3.05, 3.63) is 34.9 Å². The summed E-state index contributed by atoms with van der Waals surface area (Å²) in [7, 11) is 0. The summed E-state index contributed by atoms with van der Waals surface area (Å²) in [5.74, 6) is 0.830. The van der Waals surface area contributed by atoms with E-state index in [4.69, 9.17) is 11.6 Å². The highest BCUT2D eigenvalue weighted by molar-refractivity contribution is 6.30. The van der Waals surface area contributed by atoms with Crippen molar-refractivity contribution in [1.29, 1.82) is 0 Å². The Morgan fingerprint density at radius 3 is 2.24 bits per heavy atom. The molecule has 3 atom stereocenters. The van der Waals surface area contributed by atoms with Crippen LogP contribution < -0.4 is 0 Å². The Kier molecular flexibility index (Phi) is 3.05. The van der Waals surface area contributed by atoms with E-state index < -0.39 is 0 Å². The lowest BCUT2D eigenvalue weighted by Gasteiger charge is -2.37. The van der Waals surface area contributed by atoms with Crippen molar-refractivity contribution >= 4 is 17.5 Å². The first-order chi connectivity index (χ1) is 10.1. The van der Waals surface area contributed by atoms with Crippen molar-refractivity contribution in [2.45, 2.75) is 37.2 Å². The minimum absolute atomic E-state index is 0.195. The summed E-state index contributed by atoms with van der Waals surface area (Å²) in [5.41, 5.74) is 0.780. The molecule has 0 aromatic heterocycles. The Balaban J connectivity index is 1.56. The van der Waals surface area contributed by atoms with Crippen LogP contribution in [0.5, 0.6) is 0 Å². The molecule has 1 aromatic carbocycles. The first kappa shape index (κ1) is 13.6. The van der Waals surface area contributed by atoms with E-state index >= 15 is 0 Å². The Morgan fingerprint density at radius 1 is 1.14 bits per heavy atom. The number of aliphatic hydroxyl groups is 1. The molecule has 1 N–H and O–H groups in total. The lowest BCUT2D eigenvalue weighted by atomic mass is 9.90. The van der Waals surface area contributed by atoms with Gasteiger partial charge in [-0.3, -0.25) is 4.79 Å². The van der Waals surface area contributed by atoms with Gasteiger partial charge in [0.2, 0.25) is 5.91 Å². The molecule has 2 bridgehead atoms. The maximum atomic E-state index is 13.0. The van der Waals surface area contributed by atoms with Gasteiger partial charge >= 0.3 is 0 Å². The molecule has 2 saturated carbocycles. The highest BCUT2D eigenvalue weighted by Crippen LogP contribution is 2.51. The predicted octanol–water partition coefficient (Wildman–Crippen LogP) is 2.60. The summed E-state index contributed by atoms with van der Waals surface area (Å²) in [6, 6.07) is 7.71. The molecule has 21 heavy (non-hydrogen) atoms. The zero-order chi connectivity index (χ0) is 14.6. The quantitative estimate of drug-likeness (QED) is 0.912. The predicted molar refractivity (Wildman–Crippen MR) is 81.2 cm³/mol. The van der Waals surface area contributed by atoms with E-state index in [1.54, 1.807) is 0 Å². The van der Waals surface area contributed by atoms with Gasteiger partial charge in [-0.05, 0) is 43.4 Å². The molecule has 1 saturated heterocycles. The first-order valence-corrected chi connectivity index (χ1v) is 8.21. The third-order valence-corrected chi connectivity index (χ3v) is 5.88. The van der Waals surface area contributed by atoms with Crippen molar-refractivity contribution in [3.63, 3.8) is 0 Å². The van der Waals surface area contributed by atoms with E-state index in [0.29, 0.717) is 5.02 Å². The number of hydrogen-bond donors (Lipinski definition) is 1. The van der Waals surface area contributed by atoms with Gasteiger partial charge in [0.1, 0.15) is 0 Å². The minimum atomic E-state index is -0.313. The molecule has 3 aliphatic rings. The summed E-state index contributed by atoms with van der Waals surface area (Å²) < 4.78 is 0. The summed E-state index contributed by atoms with van der Waals surface area (Å²) in [6.07, 6.45) is 3.79. The third kappa shape index (κ3) is 2.09. The fourth-order valence-electron chi connectivity index (χ4n) is 4.18. The molecule has 3 fully saturated rings. The van der Waals surface area contributed by atoms with Gasteiger partial charge in [0, 0.05) is 29.9 Å². The largest absolute Gasteiger partial charge is 0.392 e. The van der Waals surface area contributed by atoms with Gasteiger partial charge in [-0.1, -0.05) is 23.7 Å². The monoisotopic (exact) mass is 305 g/mol. The van der Waals surface area contributed by atoms with Crippen LogP contribution in [0.25, 0.3) is 0 Å². The number of carbonyl (C=O) groups excluding carboxylic acids is 1. The summed E-state index contributed by atoms with van der Waals surface area (Å²) >= 11 is 5.95. The van der Waals surface area contributed by atoms with Crippen LogP contribution in [0, 0.1) is 11.8 Å². The molecule has 4 rings (SSSR count). The molecule has 1 heterocycles. The van der Waals surface area contributed by atoms with Gasteiger partial charge in [0.25, 0.3) is 0 Å². The Hall–Kier alpha value is -1.06. The van der Waals surface area contributed by atoms with Crippen LogP contribution in [0.3, 0.4) is 0 Å². The fraction of sp³-hybridized carbons (Fsp3) is 0.588. The lowest BCUT2D eigenvalue weighted by molar-refractivity contribution is -0.138. The number of hydrogen-bond acceptors (Lipinski definition) is 2. The van der Waals surface area contributed by atoms with Crippen molar-refractivity contribution < 1.29 is 9.90 Å². The summed E-state index contributed by atoms with van der Waals surface area (Å²) in [6.45, 7) is 1.46. The van der Waals surface area contributed by atoms with Crippen LogP contribution in [0.1, 0.15) is 31.2 Å². The number of piperidine rings is 1. The van der Waals surface area contributed by atoms with Crippen LogP contribution in [0.15, 0.2) is 24.3 Å². The van der Waals surface area contributed by atoms with Crippen LogP contribution >= 0.6 is 11.6 Å². The smallest absolute Gasteiger partial charge is 0.233 e. The molecule has 1 aromatic rings. The maximum Gasteiger partial charge on any atom is 0.233 e. The Labute approximate surface area is 129 Å². The molecule has 1 unspecified atom stereocenters. The van der Waals surface area contributed by atoms with E-state index in [2.05, 4.69) is 0 Å². The number of rotatable bonds is 2. The van der Waals surface area contributed by atoms with Crippen molar-refractivity contribution in [3.8, 4) is 0 Å². The van der Waals surface area contributed by atoms with Crippen molar-refractivity contribution in [2.24, 2.45) is 11.8 Å². The minimum Gasteiger partial charge on any atom is -0.392 e. The Morgan fingerprint density at radius 2 is 1.71 bits per heavy atom. The topological polar surface area (TPSA) is 40.5 Å². The second-order valence-electron chi connectivity index (χ2n) is 6.89. The molecule has 1 amide bonds. The van der Waals surface area contributed by atoms with Crippen LogP contribution in [0.2, 0.25) is 5.02 Å². The number of amides is 1.